The van der Waals surface area contributed by atoms with Crippen LogP contribution in [-0.4, -0.2) is 20.9 Å². The van der Waals surface area contributed by atoms with Gasteiger partial charge in [-0.25, -0.2) is 0 Å². The molecule has 1 aromatic heterocycles. The summed E-state index contributed by atoms with van der Waals surface area (Å²) in [6.07, 6.45) is 4.62. The van der Waals surface area contributed by atoms with Crippen molar-refractivity contribution in [3.05, 3.63) is 70.0 Å². The van der Waals surface area contributed by atoms with Gasteiger partial charge in [0.15, 0.2) is 5.78 Å². The monoisotopic (exact) mass is 269 g/mol. The Morgan fingerprint density at radius 2 is 2.15 bits per heavy atom. The smallest absolute Gasteiger partial charge is 0.270 e. The molecule has 6 nitrogen and oxygen atoms in total. The molecule has 2 rings (SSSR count). The van der Waals surface area contributed by atoms with E-state index in [-0.39, 0.29) is 17.9 Å². The molecule has 0 saturated heterocycles. The Bertz CT molecular complexity index is 654. The summed E-state index contributed by atoms with van der Waals surface area (Å²) in [7, 11) is 0. The second-order valence-electron chi connectivity index (χ2n) is 4.04. The third-order valence-electron chi connectivity index (χ3n) is 2.53. The molecular formula is C14H11N3O3. The molecule has 0 fully saturated rings. The summed E-state index contributed by atoms with van der Waals surface area (Å²) < 4.78 is 0. The van der Waals surface area contributed by atoms with Gasteiger partial charge in [-0.05, 0) is 23.8 Å². The number of aromatic nitrogens is 2. The fourth-order valence-electron chi connectivity index (χ4n) is 1.60. The van der Waals surface area contributed by atoms with Crippen molar-refractivity contribution in [2.45, 2.75) is 6.42 Å². The minimum absolute atomic E-state index is 0.00600. The molecule has 1 heterocycles. The van der Waals surface area contributed by atoms with E-state index in [1.807, 2.05) is 0 Å². The van der Waals surface area contributed by atoms with E-state index in [0.29, 0.717) is 11.3 Å². The first kappa shape index (κ1) is 13.5. The van der Waals surface area contributed by atoms with E-state index >= 15 is 0 Å². The van der Waals surface area contributed by atoms with E-state index in [2.05, 4.69) is 10.2 Å². The number of hydrogen-bond acceptors (Lipinski definition) is 5. The molecule has 0 unspecified atom stereocenters. The number of non-ortho nitro benzene ring substituents is 1. The topological polar surface area (TPSA) is 86.0 Å². The van der Waals surface area contributed by atoms with Crippen LogP contribution in [0.2, 0.25) is 0 Å². The molecule has 20 heavy (non-hydrogen) atoms. The molecule has 0 radical (unpaired) electrons. The number of nitrogens with zero attached hydrogens (tertiary/aromatic N) is 3. The molecule has 0 saturated carbocycles. The van der Waals surface area contributed by atoms with Crippen LogP contribution >= 0.6 is 0 Å². The van der Waals surface area contributed by atoms with Gasteiger partial charge in [-0.3, -0.25) is 14.9 Å². The molecule has 6 heteroatoms. The summed E-state index contributed by atoms with van der Waals surface area (Å²) in [5, 5.41) is 18.1. The number of allylic oxidation sites excluding steroid dienone is 1. The third-order valence-corrected chi connectivity index (χ3v) is 2.53. The summed E-state index contributed by atoms with van der Waals surface area (Å²) in [5.74, 6) is -0.142. The normalized spacial score (nSPS) is 10.6. The molecule has 0 aliphatic rings. The van der Waals surface area contributed by atoms with E-state index in [1.54, 1.807) is 30.3 Å². The molecule has 0 N–H and O–H groups in total. The fraction of sp³-hybridized carbons (Fsp3) is 0.0714. The Labute approximate surface area is 114 Å². The maximum absolute atomic E-state index is 11.7. The van der Waals surface area contributed by atoms with E-state index in [0.717, 1.165) is 0 Å². The zero-order valence-corrected chi connectivity index (χ0v) is 10.5. The molecule has 0 aliphatic carbocycles. The predicted molar refractivity (Wildman–Crippen MR) is 72.9 cm³/mol. The Morgan fingerprint density at radius 1 is 1.30 bits per heavy atom. The van der Waals surface area contributed by atoms with Crippen molar-refractivity contribution in [2.75, 3.05) is 0 Å². The van der Waals surface area contributed by atoms with Gasteiger partial charge in [0, 0.05) is 18.3 Å². The first-order chi connectivity index (χ1) is 9.65. The van der Waals surface area contributed by atoms with E-state index in [1.165, 1.54) is 24.4 Å². The van der Waals surface area contributed by atoms with Gasteiger partial charge in [-0.15, -0.1) is 0 Å². The highest BCUT2D eigenvalue weighted by atomic mass is 16.6. The number of rotatable bonds is 5. The summed E-state index contributed by atoms with van der Waals surface area (Å²) in [5.41, 5.74) is 1.18. The van der Waals surface area contributed by atoms with Crippen LogP contribution in [0.15, 0.2) is 48.7 Å². The molecule has 2 aromatic rings. The van der Waals surface area contributed by atoms with Crippen LogP contribution in [0.25, 0.3) is 6.08 Å². The first-order valence-corrected chi connectivity index (χ1v) is 5.87. The highest BCUT2D eigenvalue weighted by molar-refractivity contribution is 5.94. The van der Waals surface area contributed by atoms with Crippen molar-refractivity contribution >= 4 is 17.5 Å². The van der Waals surface area contributed by atoms with Crippen LogP contribution in [0.4, 0.5) is 5.69 Å². The van der Waals surface area contributed by atoms with E-state index in [4.69, 9.17) is 0 Å². The quantitative estimate of drug-likeness (QED) is 0.472. The summed E-state index contributed by atoms with van der Waals surface area (Å²) in [6.45, 7) is 0. The van der Waals surface area contributed by atoms with Gasteiger partial charge in [0.1, 0.15) is 0 Å². The van der Waals surface area contributed by atoms with Gasteiger partial charge in [0.05, 0.1) is 17.0 Å². The van der Waals surface area contributed by atoms with Gasteiger partial charge in [0.2, 0.25) is 0 Å². The van der Waals surface area contributed by atoms with Crippen LogP contribution in [0.5, 0.6) is 0 Å². The lowest BCUT2D eigenvalue weighted by atomic mass is 10.1. The largest absolute Gasteiger partial charge is 0.294 e. The number of benzene rings is 1. The third kappa shape index (κ3) is 3.81. The second kappa shape index (κ2) is 6.33. The average molecular weight is 269 g/mol. The van der Waals surface area contributed by atoms with Crippen LogP contribution in [0, 0.1) is 10.1 Å². The minimum Gasteiger partial charge on any atom is -0.294 e. The van der Waals surface area contributed by atoms with Crippen LogP contribution in [0.3, 0.4) is 0 Å². The molecule has 0 bridgehead atoms. The average Bonchev–Trinajstić information content (AvgIpc) is 2.46. The van der Waals surface area contributed by atoms with Crippen LogP contribution in [0.1, 0.15) is 11.3 Å². The van der Waals surface area contributed by atoms with Crippen molar-refractivity contribution in [1.82, 2.24) is 10.2 Å². The van der Waals surface area contributed by atoms with Crippen LogP contribution < -0.4 is 0 Å². The molecule has 0 atom stereocenters. The lowest BCUT2D eigenvalue weighted by Gasteiger charge is -1.96. The van der Waals surface area contributed by atoms with Crippen molar-refractivity contribution < 1.29 is 9.72 Å². The van der Waals surface area contributed by atoms with E-state index in [9.17, 15) is 14.9 Å². The molecule has 1 aromatic carbocycles. The van der Waals surface area contributed by atoms with Gasteiger partial charge in [0.25, 0.3) is 5.69 Å². The first-order valence-electron chi connectivity index (χ1n) is 5.87. The molecule has 0 aliphatic heterocycles. The van der Waals surface area contributed by atoms with E-state index < -0.39 is 4.92 Å². The molecular weight excluding hydrogens is 258 g/mol. The Balaban J connectivity index is 2.04. The number of carbonyl (C=O) groups is 1. The fourth-order valence-corrected chi connectivity index (χ4v) is 1.60. The lowest BCUT2D eigenvalue weighted by molar-refractivity contribution is -0.384. The second-order valence-corrected chi connectivity index (χ2v) is 4.04. The minimum atomic E-state index is -0.473. The molecule has 0 amide bonds. The number of nitro benzene ring substituents is 1. The van der Waals surface area contributed by atoms with Crippen molar-refractivity contribution in [3.8, 4) is 0 Å². The van der Waals surface area contributed by atoms with Gasteiger partial charge in [-0.2, -0.15) is 10.2 Å². The number of hydrogen-bond donors (Lipinski definition) is 0. The predicted octanol–water partition coefficient (Wildman–Crippen LogP) is 2.21. The zero-order chi connectivity index (χ0) is 14.4. The van der Waals surface area contributed by atoms with Gasteiger partial charge in [-0.1, -0.05) is 18.2 Å². The highest BCUT2D eigenvalue weighted by Crippen LogP contribution is 2.14. The maximum atomic E-state index is 11.7. The van der Waals surface area contributed by atoms with Crippen molar-refractivity contribution in [2.24, 2.45) is 0 Å². The van der Waals surface area contributed by atoms with Gasteiger partial charge < -0.3 is 0 Å². The van der Waals surface area contributed by atoms with Crippen LogP contribution in [-0.2, 0) is 11.2 Å². The molecule has 100 valence electrons. The standard InChI is InChI=1S/C14H11N3O3/c18-14(10-12-4-2-8-15-16-12)7-6-11-3-1-5-13(9-11)17(19)20/h1-9H,10H2. The molecule has 0 spiro atoms. The lowest BCUT2D eigenvalue weighted by Crippen LogP contribution is -2.01. The number of ketones is 1. The SMILES string of the molecule is O=C(C=Cc1cccc([N+](=O)[O-])c1)Cc1cccnn1. The Kier molecular flexibility index (Phi) is 4.28. The van der Waals surface area contributed by atoms with Crippen molar-refractivity contribution in [3.63, 3.8) is 0 Å². The number of nitro groups is 1. The summed E-state index contributed by atoms with van der Waals surface area (Å²) in [6, 6.07) is 9.50. The number of carbonyl (C=O) groups excluding carboxylic acids is 1. The van der Waals surface area contributed by atoms with Crippen molar-refractivity contribution in [1.29, 1.82) is 0 Å². The summed E-state index contributed by atoms with van der Waals surface area (Å²) >= 11 is 0. The highest BCUT2D eigenvalue weighted by Gasteiger charge is 2.05. The maximum Gasteiger partial charge on any atom is 0.270 e. The Hall–Kier alpha value is -2.89. The van der Waals surface area contributed by atoms with Gasteiger partial charge >= 0.3 is 0 Å². The zero-order valence-electron chi connectivity index (χ0n) is 10.5. The Morgan fingerprint density at radius 3 is 2.85 bits per heavy atom. The summed E-state index contributed by atoms with van der Waals surface area (Å²) in [4.78, 5) is 21.9.